The van der Waals surface area contributed by atoms with Crippen molar-refractivity contribution in [2.45, 2.75) is 20.8 Å². The third-order valence-electron chi connectivity index (χ3n) is 2.57. The summed E-state index contributed by atoms with van der Waals surface area (Å²) in [5.74, 6) is 1.00. The van der Waals surface area contributed by atoms with Crippen LogP contribution in [0.15, 0.2) is 36.5 Å². The summed E-state index contributed by atoms with van der Waals surface area (Å²) in [6.45, 7) is 5.40. The summed E-state index contributed by atoms with van der Waals surface area (Å²) in [7, 11) is 0. The highest BCUT2D eigenvalue weighted by atomic mass is 16.5. The molecule has 0 atom stereocenters. The van der Waals surface area contributed by atoms with Crippen molar-refractivity contribution in [2.75, 3.05) is 0 Å². The van der Waals surface area contributed by atoms with Gasteiger partial charge in [0.2, 0.25) is 5.88 Å². The van der Waals surface area contributed by atoms with Crippen molar-refractivity contribution in [3.8, 4) is 11.6 Å². The number of carbonyl (C=O) groups is 1. The SMILES string of the molecule is CC(=O)c1cc(C)cnc1Oc1cccc(C)c1. The molecule has 1 aromatic heterocycles. The Morgan fingerprint density at radius 3 is 2.61 bits per heavy atom. The fourth-order valence-corrected chi connectivity index (χ4v) is 1.68. The molecule has 2 rings (SSSR count). The van der Waals surface area contributed by atoms with Gasteiger partial charge < -0.3 is 4.74 Å². The first-order valence-electron chi connectivity index (χ1n) is 5.78. The molecular weight excluding hydrogens is 226 g/mol. The molecule has 0 fully saturated rings. The summed E-state index contributed by atoms with van der Waals surface area (Å²) in [6, 6.07) is 9.44. The van der Waals surface area contributed by atoms with E-state index < -0.39 is 0 Å². The van der Waals surface area contributed by atoms with Gasteiger partial charge in [0.05, 0.1) is 5.56 Å². The molecule has 0 radical (unpaired) electrons. The van der Waals surface area contributed by atoms with Crippen LogP contribution < -0.4 is 4.74 Å². The van der Waals surface area contributed by atoms with E-state index in [9.17, 15) is 4.79 Å². The molecule has 1 heterocycles. The third kappa shape index (κ3) is 2.74. The fraction of sp³-hybridized carbons (Fsp3) is 0.200. The molecule has 0 N–H and O–H groups in total. The summed E-state index contributed by atoms with van der Waals surface area (Å²) >= 11 is 0. The van der Waals surface area contributed by atoms with Crippen LogP contribution in [0, 0.1) is 13.8 Å². The maximum Gasteiger partial charge on any atom is 0.230 e. The molecule has 2 aromatic rings. The topological polar surface area (TPSA) is 39.2 Å². The largest absolute Gasteiger partial charge is 0.438 e. The summed E-state index contributed by atoms with van der Waals surface area (Å²) in [6.07, 6.45) is 1.69. The van der Waals surface area contributed by atoms with Crippen molar-refractivity contribution in [3.05, 3.63) is 53.2 Å². The molecule has 0 saturated heterocycles. The first-order valence-corrected chi connectivity index (χ1v) is 5.78. The highest BCUT2D eigenvalue weighted by molar-refractivity contribution is 5.96. The van der Waals surface area contributed by atoms with Gasteiger partial charge in [0, 0.05) is 6.20 Å². The van der Waals surface area contributed by atoms with Crippen LogP contribution in [0.1, 0.15) is 28.4 Å². The van der Waals surface area contributed by atoms with E-state index in [4.69, 9.17) is 4.74 Å². The van der Waals surface area contributed by atoms with Gasteiger partial charge in [-0.3, -0.25) is 4.79 Å². The van der Waals surface area contributed by atoms with Crippen molar-refractivity contribution >= 4 is 5.78 Å². The second kappa shape index (κ2) is 5.00. The average Bonchev–Trinajstić information content (AvgIpc) is 2.31. The third-order valence-corrected chi connectivity index (χ3v) is 2.57. The lowest BCUT2D eigenvalue weighted by atomic mass is 10.1. The lowest BCUT2D eigenvalue weighted by Crippen LogP contribution is -2.00. The van der Waals surface area contributed by atoms with Crippen LogP contribution in [0.25, 0.3) is 0 Å². The van der Waals surface area contributed by atoms with Crippen molar-refractivity contribution < 1.29 is 9.53 Å². The Morgan fingerprint density at radius 1 is 1.17 bits per heavy atom. The number of ether oxygens (including phenoxy) is 1. The van der Waals surface area contributed by atoms with Crippen LogP contribution in [0.2, 0.25) is 0 Å². The molecule has 0 aliphatic carbocycles. The van der Waals surface area contributed by atoms with Crippen LogP contribution in [0.4, 0.5) is 0 Å². The standard InChI is InChI=1S/C15H15NO2/c1-10-5-4-6-13(7-10)18-15-14(12(3)17)8-11(2)9-16-15/h4-9H,1-3H3. The van der Waals surface area contributed by atoms with Crippen LogP contribution in [0.3, 0.4) is 0 Å². The van der Waals surface area contributed by atoms with Crippen molar-refractivity contribution in [1.82, 2.24) is 4.98 Å². The molecule has 0 aliphatic rings. The van der Waals surface area contributed by atoms with E-state index in [-0.39, 0.29) is 5.78 Å². The molecular formula is C15H15NO2. The number of nitrogens with zero attached hydrogens (tertiary/aromatic N) is 1. The van der Waals surface area contributed by atoms with Crippen LogP contribution >= 0.6 is 0 Å². The summed E-state index contributed by atoms with van der Waals surface area (Å²) < 4.78 is 5.67. The molecule has 0 saturated carbocycles. The summed E-state index contributed by atoms with van der Waals surface area (Å²) in [5.41, 5.74) is 2.55. The zero-order valence-corrected chi connectivity index (χ0v) is 10.7. The van der Waals surface area contributed by atoms with Crippen LogP contribution in [0.5, 0.6) is 11.6 Å². The minimum absolute atomic E-state index is 0.0474. The normalized spacial score (nSPS) is 10.2. The van der Waals surface area contributed by atoms with E-state index in [2.05, 4.69) is 4.98 Å². The van der Waals surface area contributed by atoms with Gasteiger partial charge in [-0.1, -0.05) is 12.1 Å². The van der Waals surface area contributed by atoms with Gasteiger partial charge in [0.25, 0.3) is 0 Å². The molecule has 0 amide bonds. The molecule has 18 heavy (non-hydrogen) atoms. The van der Waals surface area contributed by atoms with E-state index >= 15 is 0 Å². The maximum atomic E-state index is 11.6. The molecule has 3 nitrogen and oxygen atoms in total. The monoisotopic (exact) mass is 241 g/mol. The number of hydrogen-bond donors (Lipinski definition) is 0. The van der Waals surface area contributed by atoms with E-state index in [1.807, 2.05) is 38.1 Å². The van der Waals surface area contributed by atoms with E-state index in [0.717, 1.165) is 11.1 Å². The van der Waals surface area contributed by atoms with Crippen LogP contribution in [-0.4, -0.2) is 10.8 Å². The Bertz CT molecular complexity index is 591. The number of carbonyl (C=O) groups excluding carboxylic acids is 1. The molecule has 92 valence electrons. The minimum atomic E-state index is -0.0474. The zero-order valence-electron chi connectivity index (χ0n) is 10.7. The maximum absolute atomic E-state index is 11.6. The molecule has 0 aliphatic heterocycles. The summed E-state index contributed by atoms with van der Waals surface area (Å²) in [4.78, 5) is 15.7. The fourth-order valence-electron chi connectivity index (χ4n) is 1.68. The minimum Gasteiger partial charge on any atom is -0.438 e. The zero-order chi connectivity index (χ0) is 13.1. The predicted molar refractivity (Wildman–Crippen MR) is 70.2 cm³/mol. The molecule has 1 aromatic carbocycles. The number of Topliss-reactive ketones (excluding diaryl/α,β-unsaturated/α-hetero) is 1. The first-order chi connectivity index (χ1) is 8.56. The second-order valence-corrected chi connectivity index (χ2v) is 4.34. The molecule has 0 spiro atoms. The lowest BCUT2D eigenvalue weighted by molar-refractivity contribution is 0.101. The van der Waals surface area contributed by atoms with Crippen molar-refractivity contribution in [1.29, 1.82) is 0 Å². The van der Waals surface area contributed by atoms with Gasteiger partial charge >= 0.3 is 0 Å². The lowest BCUT2D eigenvalue weighted by Gasteiger charge is -2.09. The Kier molecular flexibility index (Phi) is 3.42. The van der Waals surface area contributed by atoms with E-state index in [1.165, 1.54) is 6.92 Å². The van der Waals surface area contributed by atoms with Gasteiger partial charge in [-0.25, -0.2) is 4.98 Å². The van der Waals surface area contributed by atoms with Gasteiger partial charge in [0.15, 0.2) is 5.78 Å². The Morgan fingerprint density at radius 2 is 1.94 bits per heavy atom. The quantitative estimate of drug-likeness (QED) is 0.769. The second-order valence-electron chi connectivity index (χ2n) is 4.34. The number of pyridine rings is 1. The smallest absolute Gasteiger partial charge is 0.230 e. The van der Waals surface area contributed by atoms with Gasteiger partial charge in [-0.15, -0.1) is 0 Å². The Hall–Kier alpha value is -2.16. The number of ketones is 1. The highest BCUT2D eigenvalue weighted by Crippen LogP contribution is 2.24. The predicted octanol–water partition coefficient (Wildman–Crippen LogP) is 3.69. The molecule has 0 unspecified atom stereocenters. The number of aromatic nitrogens is 1. The number of benzene rings is 1. The van der Waals surface area contributed by atoms with Gasteiger partial charge in [-0.2, -0.15) is 0 Å². The van der Waals surface area contributed by atoms with E-state index in [0.29, 0.717) is 17.2 Å². The van der Waals surface area contributed by atoms with Crippen molar-refractivity contribution in [2.24, 2.45) is 0 Å². The van der Waals surface area contributed by atoms with Gasteiger partial charge in [0.1, 0.15) is 5.75 Å². The van der Waals surface area contributed by atoms with Crippen LogP contribution in [-0.2, 0) is 0 Å². The van der Waals surface area contributed by atoms with Crippen molar-refractivity contribution in [3.63, 3.8) is 0 Å². The Balaban J connectivity index is 2.37. The average molecular weight is 241 g/mol. The highest BCUT2D eigenvalue weighted by Gasteiger charge is 2.11. The first kappa shape index (κ1) is 12.3. The van der Waals surface area contributed by atoms with Gasteiger partial charge in [-0.05, 0) is 50.1 Å². The molecule has 3 heteroatoms. The van der Waals surface area contributed by atoms with E-state index in [1.54, 1.807) is 12.3 Å². The molecule has 0 bridgehead atoms. The summed E-state index contributed by atoms with van der Waals surface area (Å²) in [5, 5.41) is 0. The number of hydrogen-bond acceptors (Lipinski definition) is 3. The Labute approximate surface area is 106 Å². The number of aryl methyl sites for hydroxylation is 2. The number of rotatable bonds is 3.